The SMILES string of the molecule is COc1ccc(-c2noc([C@@H]3CCCN3C(=O)Nc3cccc(SC)c3)n2)cc1. The van der Waals surface area contributed by atoms with Gasteiger partial charge in [-0.25, -0.2) is 4.79 Å². The fourth-order valence-corrected chi connectivity index (χ4v) is 3.85. The minimum absolute atomic E-state index is 0.157. The van der Waals surface area contributed by atoms with Crippen molar-refractivity contribution in [2.75, 3.05) is 25.2 Å². The number of likely N-dealkylation sites (tertiary alicyclic amines) is 1. The Morgan fingerprint density at radius 1 is 1.28 bits per heavy atom. The maximum atomic E-state index is 12.8. The monoisotopic (exact) mass is 410 g/mol. The Morgan fingerprint density at radius 3 is 2.86 bits per heavy atom. The molecule has 150 valence electrons. The van der Waals surface area contributed by atoms with Crippen LogP contribution in [0.25, 0.3) is 11.4 Å². The van der Waals surface area contributed by atoms with Gasteiger partial charge in [-0.15, -0.1) is 11.8 Å². The van der Waals surface area contributed by atoms with Gasteiger partial charge in [0.2, 0.25) is 11.7 Å². The summed E-state index contributed by atoms with van der Waals surface area (Å²) in [4.78, 5) is 20.3. The molecule has 29 heavy (non-hydrogen) atoms. The number of carbonyl (C=O) groups is 1. The number of aromatic nitrogens is 2. The summed E-state index contributed by atoms with van der Waals surface area (Å²) in [6.07, 6.45) is 3.69. The second-order valence-electron chi connectivity index (χ2n) is 6.70. The number of carbonyl (C=O) groups excluding carboxylic acids is 1. The van der Waals surface area contributed by atoms with Crippen molar-refractivity contribution in [3.8, 4) is 17.1 Å². The van der Waals surface area contributed by atoms with Gasteiger partial charge in [0.1, 0.15) is 11.8 Å². The molecule has 0 saturated carbocycles. The lowest BCUT2D eigenvalue weighted by Crippen LogP contribution is -2.34. The van der Waals surface area contributed by atoms with Crippen molar-refractivity contribution in [1.82, 2.24) is 15.0 Å². The van der Waals surface area contributed by atoms with Gasteiger partial charge in [-0.05, 0) is 61.6 Å². The molecule has 0 radical (unpaired) electrons. The second-order valence-corrected chi connectivity index (χ2v) is 7.58. The number of thioether (sulfide) groups is 1. The van der Waals surface area contributed by atoms with Gasteiger partial charge in [-0.2, -0.15) is 4.98 Å². The van der Waals surface area contributed by atoms with Crippen LogP contribution in [0.5, 0.6) is 5.75 Å². The molecule has 0 bridgehead atoms. The summed E-state index contributed by atoms with van der Waals surface area (Å²) < 4.78 is 10.7. The van der Waals surface area contributed by atoms with E-state index in [9.17, 15) is 4.79 Å². The molecule has 1 saturated heterocycles. The summed E-state index contributed by atoms with van der Waals surface area (Å²) in [5, 5.41) is 7.08. The van der Waals surface area contributed by atoms with Crippen molar-refractivity contribution >= 4 is 23.5 Å². The molecule has 1 aliphatic heterocycles. The zero-order valence-corrected chi connectivity index (χ0v) is 17.1. The Labute approximate surface area is 173 Å². The molecule has 1 aromatic heterocycles. The number of ether oxygens (including phenoxy) is 1. The third-order valence-corrected chi connectivity index (χ3v) is 5.64. The molecule has 2 heterocycles. The van der Waals surface area contributed by atoms with Crippen LogP contribution in [-0.4, -0.2) is 41.0 Å². The van der Waals surface area contributed by atoms with Gasteiger partial charge in [-0.1, -0.05) is 11.2 Å². The van der Waals surface area contributed by atoms with E-state index in [-0.39, 0.29) is 12.1 Å². The average molecular weight is 410 g/mol. The van der Waals surface area contributed by atoms with Crippen LogP contribution in [0.1, 0.15) is 24.8 Å². The van der Waals surface area contributed by atoms with E-state index < -0.39 is 0 Å². The largest absolute Gasteiger partial charge is 0.497 e. The molecule has 1 fully saturated rings. The van der Waals surface area contributed by atoms with Crippen LogP contribution < -0.4 is 10.1 Å². The Bertz CT molecular complexity index is 990. The van der Waals surface area contributed by atoms with Crippen molar-refractivity contribution in [1.29, 1.82) is 0 Å². The number of nitrogens with one attached hydrogen (secondary N) is 1. The van der Waals surface area contributed by atoms with Gasteiger partial charge in [0, 0.05) is 22.7 Å². The summed E-state index contributed by atoms with van der Waals surface area (Å²) in [5.41, 5.74) is 1.61. The Kier molecular flexibility index (Phi) is 5.71. The third kappa shape index (κ3) is 4.22. The number of anilines is 1. The standard InChI is InChI=1S/C21H22N4O3S/c1-27-16-10-8-14(9-11-16)19-23-20(28-24-19)18-7-4-12-25(18)21(26)22-15-5-3-6-17(13-15)29-2/h3,5-6,8-11,13,18H,4,7,12H2,1-2H3,(H,22,26)/t18-/m0/s1. The second kappa shape index (κ2) is 8.57. The third-order valence-electron chi connectivity index (χ3n) is 4.91. The molecule has 0 unspecified atom stereocenters. The van der Waals surface area contributed by atoms with Crippen LogP contribution >= 0.6 is 11.8 Å². The molecule has 0 aliphatic carbocycles. The summed E-state index contributed by atoms with van der Waals surface area (Å²) in [7, 11) is 1.62. The van der Waals surface area contributed by atoms with Crippen LogP contribution in [0.2, 0.25) is 0 Å². The predicted octanol–water partition coefficient (Wildman–Crippen LogP) is 4.84. The van der Waals surface area contributed by atoms with Crippen molar-refractivity contribution in [2.24, 2.45) is 0 Å². The van der Waals surface area contributed by atoms with Crippen molar-refractivity contribution in [3.63, 3.8) is 0 Å². The molecule has 2 amide bonds. The molecule has 2 aromatic carbocycles. The minimum atomic E-state index is -0.224. The maximum absolute atomic E-state index is 12.8. The molecule has 1 N–H and O–H groups in total. The first-order chi connectivity index (χ1) is 14.2. The van der Waals surface area contributed by atoms with Crippen LogP contribution in [0.15, 0.2) is 57.9 Å². The highest BCUT2D eigenvalue weighted by atomic mass is 32.2. The van der Waals surface area contributed by atoms with E-state index in [1.54, 1.807) is 23.8 Å². The molecule has 1 aliphatic rings. The van der Waals surface area contributed by atoms with Crippen molar-refractivity contribution < 1.29 is 14.1 Å². The Balaban J connectivity index is 1.49. The molecule has 1 atom stereocenters. The smallest absolute Gasteiger partial charge is 0.322 e. The number of hydrogen-bond acceptors (Lipinski definition) is 6. The highest BCUT2D eigenvalue weighted by Gasteiger charge is 2.34. The average Bonchev–Trinajstić information content (AvgIpc) is 3.43. The summed E-state index contributed by atoms with van der Waals surface area (Å²) in [6, 6.07) is 14.9. The van der Waals surface area contributed by atoms with E-state index in [4.69, 9.17) is 9.26 Å². The summed E-state index contributed by atoms with van der Waals surface area (Å²) in [6.45, 7) is 0.652. The fourth-order valence-electron chi connectivity index (χ4n) is 3.39. The number of benzene rings is 2. The van der Waals surface area contributed by atoms with E-state index >= 15 is 0 Å². The molecule has 8 heteroatoms. The lowest BCUT2D eigenvalue weighted by molar-refractivity contribution is 0.193. The molecular formula is C21H22N4O3S. The van der Waals surface area contributed by atoms with Crippen LogP contribution in [-0.2, 0) is 0 Å². The number of urea groups is 1. The first-order valence-electron chi connectivity index (χ1n) is 9.37. The summed E-state index contributed by atoms with van der Waals surface area (Å²) in [5.74, 6) is 1.73. The topological polar surface area (TPSA) is 80.5 Å². The number of rotatable bonds is 5. The van der Waals surface area contributed by atoms with Gasteiger partial charge in [0.15, 0.2) is 0 Å². The zero-order chi connectivity index (χ0) is 20.2. The van der Waals surface area contributed by atoms with Crippen LogP contribution in [0, 0.1) is 0 Å². The molecule has 3 aromatic rings. The van der Waals surface area contributed by atoms with Crippen molar-refractivity contribution in [2.45, 2.75) is 23.8 Å². The maximum Gasteiger partial charge on any atom is 0.322 e. The lowest BCUT2D eigenvalue weighted by atomic mass is 10.2. The number of amides is 2. The Hall–Kier alpha value is -3.00. The molecule has 0 spiro atoms. The Morgan fingerprint density at radius 2 is 2.10 bits per heavy atom. The molecule has 7 nitrogen and oxygen atoms in total. The van der Waals surface area contributed by atoms with Crippen LogP contribution in [0.3, 0.4) is 0 Å². The normalized spacial score (nSPS) is 16.1. The van der Waals surface area contributed by atoms with Gasteiger partial charge >= 0.3 is 6.03 Å². The van der Waals surface area contributed by atoms with E-state index in [2.05, 4.69) is 15.5 Å². The van der Waals surface area contributed by atoms with Gasteiger partial charge in [0.25, 0.3) is 0 Å². The van der Waals surface area contributed by atoms with E-state index in [0.29, 0.717) is 18.3 Å². The minimum Gasteiger partial charge on any atom is -0.497 e. The van der Waals surface area contributed by atoms with Crippen molar-refractivity contribution in [3.05, 3.63) is 54.4 Å². The first-order valence-corrected chi connectivity index (χ1v) is 10.6. The molecule has 4 rings (SSSR count). The predicted molar refractivity (Wildman–Crippen MR) is 112 cm³/mol. The molecular weight excluding hydrogens is 388 g/mol. The van der Waals surface area contributed by atoms with Gasteiger partial charge < -0.3 is 19.5 Å². The number of nitrogens with zero attached hydrogens (tertiary/aromatic N) is 3. The zero-order valence-electron chi connectivity index (χ0n) is 16.3. The van der Waals surface area contributed by atoms with E-state index in [1.165, 1.54) is 0 Å². The van der Waals surface area contributed by atoms with Gasteiger partial charge in [-0.3, -0.25) is 0 Å². The summed E-state index contributed by atoms with van der Waals surface area (Å²) >= 11 is 1.64. The fraction of sp³-hybridized carbons (Fsp3) is 0.286. The van der Waals surface area contributed by atoms with Gasteiger partial charge in [0.05, 0.1) is 7.11 Å². The quantitative estimate of drug-likeness (QED) is 0.607. The number of hydrogen-bond donors (Lipinski definition) is 1. The van der Waals surface area contributed by atoms with E-state index in [0.717, 1.165) is 34.7 Å². The van der Waals surface area contributed by atoms with Crippen LogP contribution in [0.4, 0.5) is 10.5 Å². The highest BCUT2D eigenvalue weighted by Crippen LogP contribution is 2.33. The lowest BCUT2D eigenvalue weighted by Gasteiger charge is -2.22. The number of methoxy groups -OCH3 is 1. The van der Waals surface area contributed by atoms with E-state index in [1.807, 2.05) is 54.8 Å². The first kappa shape index (κ1) is 19.3. The highest BCUT2D eigenvalue weighted by molar-refractivity contribution is 7.98.